The normalized spacial score (nSPS) is 26.8. The molecule has 1 unspecified atom stereocenters. The highest BCUT2D eigenvalue weighted by atomic mass is 14.7. The summed E-state index contributed by atoms with van der Waals surface area (Å²) in [5.74, 6) is 0. The Kier molecular flexibility index (Phi) is 2.74. The maximum Gasteiger partial charge on any atom is 0.0300 e. The van der Waals surface area contributed by atoms with Crippen LogP contribution < -0.4 is 5.73 Å². The third kappa shape index (κ3) is 1.72. The van der Waals surface area contributed by atoms with Gasteiger partial charge in [-0.2, -0.15) is 0 Å². The van der Waals surface area contributed by atoms with Crippen LogP contribution in [0.2, 0.25) is 0 Å². The van der Waals surface area contributed by atoms with E-state index in [2.05, 4.69) is 25.1 Å². The van der Waals surface area contributed by atoms with E-state index < -0.39 is 0 Å². The molecule has 1 saturated carbocycles. The van der Waals surface area contributed by atoms with E-state index in [1.165, 1.54) is 56.1 Å². The summed E-state index contributed by atoms with van der Waals surface area (Å²) in [6.45, 7) is 2.22. The van der Waals surface area contributed by atoms with E-state index in [0.29, 0.717) is 5.41 Å². The van der Waals surface area contributed by atoms with Crippen LogP contribution in [0.3, 0.4) is 0 Å². The summed E-state index contributed by atoms with van der Waals surface area (Å²) in [5, 5.41) is 0. The Morgan fingerprint density at radius 2 is 1.88 bits per heavy atom. The molecule has 92 valence electrons. The molecule has 0 saturated heterocycles. The Labute approximate surface area is 104 Å². The van der Waals surface area contributed by atoms with Crippen LogP contribution in [-0.2, 0) is 5.41 Å². The molecule has 1 spiro atoms. The van der Waals surface area contributed by atoms with E-state index in [1.807, 2.05) is 0 Å². The number of fused-ring (bicyclic) bond motifs is 2. The Morgan fingerprint density at radius 1 is 1.12 bits per heavy atom. The fourth-order valence-electron chi connectivity index (χ4n) is 4.09. The number of aryl methyl sites for hydroxylation is 1. The first kappa shape index (κ1) is 11.3. The quantitative estimate of drug-likeness (QED) is 0.715. The molecule has 1 heteroatoms. The zero-order chi connectivity index (χ0) is 11.9. The minimum atomic E-state index is 0.277. The Hall–Kier alpha value is -0.820. The predicted molar refractivity (Wildman–Crippen MR) is 72.1 cm³/mol. The molecule has 1 aromatic carbocycles. The average molecular weight is 229 g/mol. The highest BCUT2D eigenvalue weighted by molar-refractivity contribution is 5.44. The molecule has 1 nitrogen and oxygen atoms in total. The second-order valence-corrected chi connectivity index (χ2v) is 6.02. The zero-order valence-electron chi connectivity index (χ0n) is 10.8. The highest BCUT2D eigenvalue weighted by Crippen LogP contribution is 2.50. The highest BCUT2D eigenvalue weighted by Gasteiger charge is 2.39. The minimum Gasteiger partial charge on any atom is -0.324 e. The van der Waals surface area contributed by atoms with Crippen LogP contribution in [0.15, 0.2) is 18.2 Å². The Morgan fingerprint density at radius 3 is 2.65 bits per heavy atom. The van der Waals surface area contributed by atoms with Crippen molar-refractivity contribution in [3.05, 3.63) is 34.9 Å². The molecular weight excluding hydrogens is 206 g/mol. The van der Waals surface area contributed by atoms with Crippen LogP contribution in [-0.4, -0.2) is 0 Å². The van der Waals surface area contributed by atoms with Crippen LogP contribution in [0.5, 0.6) is 0 Å². The number of rotatable bonds is 0. The molecule has 0 radical (unpaired) electrons. The molecule has 17 heavy (non-hydrogen) atoms. The van der Waals surface area contributed by atoms with Gasteiger partial charge in [-0.1, -0.05) is 37.5 Å². The van der Waals surface area contributed by atoms with Gasteiger partial charge in [-0.3, -0.25) is 0 Å². The van der Waals surface area contributed by atoms with Gasteiger partial charge in [0.15, 0.2) is 0 Å². The van der Waals surface area contributed by atoms with Crippen LogP contribution in [0.25, 0.3) is 0 Å². The minimum absolute atomic E-state index is 0.277. The smallest absolute Gasteiger partial charge is 0.0300 e. The second kappa shape index (κ2) is 4.13. The lowest BCUT2D eigenvalue weighted by Crippen LogP contribution is -2.36. The first-order valence-corrected chi connectivity index (χ1v) is 7.08. The molecule has 1 aromatic rings. The Balaban J connectivity index is 2.11. The fourth-order valence-corrected chi connectivity index (χ4v) is 4.09. The summed E-state index contributed by atoms with van der Waals surface area (Å²) in [5.41, 5.74) is 11.3. The van der Waals surface area contributed by atoms with Crippen molar-refractivity contribution >= 4 is 0 Å². The third-order valence-corrected chi connectivity index (χ3v) is 5.01. The molecule has 0 amide bonds. The van der Waals surface area contributed by atoms with Crippen molar-refractivity contribution < 1.29 is 0 Å². The predicted octanol–water partition coefficient (Wildman–Crippen LogP) is 3.99. The van der Waals surface area contributed by atoms with Gasteiger partial charge < -0.3 is 5.73 Å². The molecule has 2 aliphatic carbocycles. The largest absolute Gasteiger partial charge is 0.324 e. The lowest BCUT2D eigenvalue weighted by atomic mass is 9.61. The maximum atomic E-state index is 6.34. The van der Waals surface area contributed by atoms with Crippen molar-refractivity contribution in [3.8, 4) is 0 Å². The van der Waals surface area contributed by atoms with E-state index in [1.54, 1.807) is 5.56 Å². The van der Waals surface area contributed by atoms with Crippen molar-refractivity contribution in [3.63, 3.8) is 0 Å². The first-order valence-electron chi connectivity index (χ1n) is 7.08. The van der Waals surface area contributed by atoms with Gasteiger partial charge in [0.05, 0.1) is 0 Å². The van der Waals surface area contributed by atoms with Crippen LogP contribution in [0, 0.1) is 6.92 Å². The molecule has 3 rings (SSSR count). The SMILES string of the molecule is Cc1cccc2c1C(N)CCC21CCCCC1. The molecule has 2 N–H and O–H groups in total. The molecule has 1 fully saturated rings. The van der Waals surface area contributed by atoms with Crippen molar-refractivity contribution in [2.24, 2.45) is 5.73 Å². The number of nitrogens with two attached hydrogens (primary N) is 1. The molecular formula is C16H23N. The molecule has 0 aliphatic heterocycles. The van der Waals surface area contributed by atoms with Gasteiger partial charge in [0.25, 0.3) is 0 Å². The standard InChI is InChI=1S/C16H23N/c1-12-6-5-7-13-15(12)14(17)8-11-16(13)9-3-2-4-10-16/h5-7,14H,2-4,8-11,17H2,1H3. The molecule has 0 bridgehead atoms. The van der Waals surface area contributed by atoms with E-state index in [4.69, 9.17) is 5.73 Å². The van der Waals surface area contributed by atoms with Crippen molar-refractivity contribution in [2.45, 2.75) is 63.3 Å². The van der Waals surface area contributed by atoms with Gasteiger partial charge in [0.2, 0.25) is 0 Å². The van der Waals surface area contributed by atoms with Crippen LogP contribution in [0.4, 0.5) is 0 Å². The van der Waals surface area contributed by atoms with Gasteiger partial charge in [-0.25, -0.2) is 0 Å². The average Bonchev–Trinajstić information content (AvgIpc) is 2.36. The second-order valence-electron chi connectivity index (χ2n) is 6.02. The van der Waals surface area contributed by atoms with Gasteiger partial charge in [-0.05, 0) is 54.7 Å². The summed E-state index contributed by atoms with van der Waals surface area (Å²) in [7, 11) is 0. The van der Waals surface area contributed by atoms with Crippen molar-refractivity contribution in [1.29, 1.82) is 0 Å². The summed E-state index contributed by atoms with van der Waals surface area (Å²) in [6.07, 6.45) is 9.50. The van der Waals surface area contributed by atoms with Crippen LogP contribution >= 0.6 is 0 Å². The number of hydrogen-bond donors (Lipinski definition) is 1. The summed E-state index contributed by atoms with van der Waals surface area (Å²) >= 11 is 0. The van der Waals surface area contributed by atoms with Gasteiger partial charge in [-0.15, -0.1) is 0 Å². The van der Waals surface area contributed by atoms with Gasteiger partial charge in [0, 0.05) is 6.04 Å². The Bertz CT molecular complexity index is 416. The number of hydrogen-bond acceptors (Lipinski definition) is 1. The maximum absolute atomic E-state index is 6.34. The zero-order valence-corrected chi connectivity index (χ0v) is 10.8. The topological polar surface area (TPSA) is 26.0 Å². The third-order valence-electron chi connectivity index (χ3n) is 5.01. The van der Waals surface area contributed by atoms with Gasteiger partial charge >= 0.3 is 0 Å². The fraction of sp³-hybridized carbons (Fsp3) is 0.625. The number of benzene rings is 1. The van der Waals surface area contributed by atoms with Crippen molar-refractivity contribution in [1.82, 2.24) is 0 Å². The molecule has 0 aromatic heterocycles. The summed E-state index contributed by atoms with van der Waals surface area (Å²) in [4.78, 5) is 0. The molecule has 2 aliphatic rings. The van der Waals surface area contributed by atoms with E-state index in [9.17, 15) is 0 Å². The monoisotopic (exact) mass is 229 g/mol. The van der Waals surface area contributed by atoms with E-state index in [-0.39, 0.29) is 6.04 Å². The van der Waals surface area contributed by atoms with E-state index in [0.717, 1.165) is 0 Å². The first-order chi connectivity index (χ1) is 8.23. The van der Waals surface area contributed by atoms with Crippen LogP contribution in [0.1, 0.15) is 67.7 Å². The summed E-state index contributed by atoms with van der Waals surface area (Å²) < 4.78 is 0. The molecule has 0 heterocycles. The van der Waals surface area contributed by atoms with E-state index >= 15 is 0 Å². The van der Waals surface area contributed by atoms with Gasteiger partial charge in [0.1, 0.15) is 0 Å². The lowest BCUT2D eigenvalue weighted by molar-refractivity contribution is 0.244. The van der Waals surface area contributed by atoms with Crippen molar-refractivity contribution in [2.75, 3.05) is 0 Å². The molecule has 1 atom stereocenters. The lowest BCUT2D eigenvalue weighted by Gasteiger charge is -2.44. The summed E-state index contributed by atoms with van der Waals surface area (Å²) in [6, 6.07) is 7.08.